The standard InChI is InChI=1S/C12H11N3O/c1-8-12(11(16)15(2)14-8)10(13-12)9-6-4-3-5-7-9/h3-7H,1-2H3. The van der Waals surface area contributed by atoms with Crippen molar-refractivity contribution in [2.24, 2.45) is 10.1 Å². The van der Waals surface area contributed by atoms with Crippen LogP contribution in [0.1, 0.15) is 12.5 Å². The van der Waals surface area contributed by atoms with Crippen LogP contribution in [-0.2, 0) is 4.79 Å². The Morgan fingerprint density at radius 2 is 1.94 bits per heavy atom. The quantitative estimate of drug-likeness (QED) is 0.688. The van der Waals surface area contributed by atoms with Gasteiger partial charge in [-0.25, -0.2) is 5.01 Å². The summed E-state index contributed by atoms with van der Waals surface area (Å²) in [6.07, 6.45) is 0. The van der Waals surface area contributed by atoms with Crippen LogP contribution in [0.5, 0.6) is 0 Å². The van der Waals surface area contributed by atoms with Gasteiger partial charge >= 0.3 is 0 Å². The number of benzene rings is 1. The van der Waals surface area contributed by atoms with Crippen molar-refractivity contribution in [3.8, 4) is 0 Å². The third kappa shape index (κ3) is 0.961. The Morgan fingerprint density at radius 1 is 1.25 bits per heavy atom. The Balaban J connectivity index is 1.98. The summed E-state index contributed by atoms with van der Waals surface area (Å²) in [5.41, 5.74) is 1.83. The lowest BCUT2D eigenvalue weighted by Crippen LogP contribution is -2.37. The number of carbonyl (C=O) groups is 1. The third-order valence-corrected chi connectivity index (χ3v) is 3.05. The van der Waals surface area contributed by atoms with Crippen molar-refractivity contribution in [1.82, 2.24) is 5.01 Å². The molecule has 0 saturated heterocycles. The molecule has 3 rings (SSSR count). The zero-order valence-corrected chi connectivity index (χ0v) is 9.14. The van der Waals surface area contributed by atoms with Gasteiger partial charge in [-0.05, 0) is 12.5 Å². The van der Waals surface area contributed by atoms with Gasteiger partial charge in [-0.1, -0.05) is 30.3 Å². The summed E-state index contributed by atoms with van der Waals surface area (Å²) in [6, 6.07) is 9.76. The Labute approximate surface area is 93.3 Å². The largest absolute Gasteiger partial charge is 0.282 e. The summed E-state index contributed by atoms with van der Waals surface area (Å²) in [4.78, 5) is 16.3. The molecule has 16 heavy (non-hydrogen) atoms. The second-order valence-corrected chi connectivity index (χ2v) is 4.05. The minimum Gasteiger partial charge on any atom is -0.269 e. The molecule has 0 aliphatic carbocycles. The summed E-state index contributed by atoms with van der Waals surface area (Å²) in [7, 11) is 1.66. The molecule has 2 aliphatic heterocycles. The monoisotopic (exact) mass is 213 g/mol. The predicted octanol–water partition coefficient (Wildman–Crippen LogP) is 1.08. The van der Waals surface area contributed by atoms with Crippen molar-refractivity contribution >= 4 is 17.3 Å². The molecule has 2 aliphatic rings. The Hall–Kier alpha value is -1.97. The maximum Gasteiger partial charge on any atom is 0.282 e. The molecule has 1 spiro atoms. The smallest absolute Gasteiger partial charge is 0.269 e. The van der Waals surface area contributed by atoms with Crippen LogP contribution < -0.4 is 0 Å². The van der Waals surface area contributed by atoms with E-state index in [1.165, 1.54) is 5.01 Å². The number of hydrazone groups is 1. The van der Waals surface area contributed by atoms with Crippen LogP contribution in [0.2, 0.25) is 0 Å². The first-order valence-corrected chi connectivity index (χ1v) is 5.16. The van der Waals surface area contributed by atoms with Gasteiger partial charge in [0.15, 0.2) is 0 Å². The van der Waals surface area contributed by atoms with Crippen molar-refractivity contribution in [3.05, 3.63) is 35.9 Å². The predicted molar refractivity (Wildman–Crippen MR) is 61.6 cm³/mol. The highest BCUT2D eigenvalue weighted by Gasteiger charge is 2.61. The van der Waals surface area contributed by atoms with E-state index in [0.29, 0.717) is 0 Å². The summed E-state index contributed by atoms with van der Waals surface area (Å²) in [6.45, 7) is 1.85. The molecule has 1 aromatic carbocycles. The van der Waals surface area contributed by atoms with Gasteiger partial charge < -0.3 is 0 Å². The van der Waals surface area contributed by atoms with Gasteiger partial charge in [-0.2, -0.15) is 5.10 Å². The average Bonchev–Trinajstić information content (AvgIpc) is 3.01. The first-order chi connectivity index (χ1) is 7.66. The van der Waals surface area contributed by atoms with E-state index in [1.54, 1.807) is 7.05 Å². The summed E-state index contributed by atoms with van der Waals surface area (Å²) < 4.78 is 0. The fourth-order valence-corrected chi connectivity index (χ4v) is 2.14. The van der Waals surface area contributed by atoms with Crippen LogP contribution in [0.15, 0.2) is 40.4 Å². The minimum atomic E-state index is -0.768. The number of amides is 1. The van der Waals surface area contributed by atoms with Crippen LogP contribution in [0.3, 0.4) is 0 Å². The molecule has 0 fully saturated rings. The van der Waals surface area contributed by atoms with Crippen LogP contribution >= 0.6 is 0 Å². The van der Waals surface area contributed by atoms with E-state index >= 15 is 0 Å². The van der Waals surface area contributed by atoms with E-state index in [1.807, 2.05) is 37.3 Å². The molecule has 1 atom stereocenters. The molecule has 0 radical (unpaired) electrons. The van der Waals surface area contributed by atoms with Crippen LogP contribution in [-0.4, -0.2) is 34.9 Å². The fourth-order valence-electron chi connectivity index (χ4n) is 2.14. The van der Waals surface area contributed by atoms with Crippen molar-refractivity contribution in [1.29, 1.82) is 0 Å². The van der Waals surface area contributed by atoms with Gasteiger partial charge in [0.05, 0.1) is 11.4 Å². The highest BCUT2D eigenvalue weighted by Crippen LogP contribution is 2.39. The zero-order valence-electron chi connectivity index (χ0n) is 9.14. The number of rotatable bonds is 1. The molecule has 0 N–H and O–H groups in total. The third-order valence-electron chi connectivity index (χ3n) is 3.05. The minimum absolute atomic E-state index is 0.0520. The lowest BCUT2D eigenvalue weighted by molar-refractivity contribution is -0.128. The number of hydrogen-bond acceptors (Lipinski definition) is 3. The molecule has 0 aromatic heterocycles. The summed E-state index contributed by atoms with van der Waals surface area (Å²) in [5, 5.41) is 5.52. The number of aliphatic imine (C=N–C) groups is 1. The van der Waals surface area contributed by atoms with E-state index in [9.17, 15) is 4.79 Å². The topological polar surface area (TPSA) is 45.0 Å². The summed E-state index contributed by atoms with van der Waals surface area (Å²) in [5.74, 6) is -0.0520. The lowest BCUT2D eigenvalue weighted by atomic mass is 9.94. The van der Waals surface area contributed by atoms with Gasteiger partial charge in [-0.3, -0.25) is 9.79 Å². The van der Waals surface area contributed by atoms with Gasteiger partial charge in [0.25, 0.3) is 5.91 Å². The second kappa shape index (κ2) is 2.78. The molecule has 1 unspecified atom stereocenters. The highest BCUT2D eigenvalue weighted by atomic mass is 16.2. The number of likely N-dealkylation sites (N-methyl/N-ethyl adjacent to an activating group) is 1. The van der Waals surface area contributed by atoms with Gasteiger partial charge in [-0.15, -0.1) is 0 Å². The first kappa shape index (κ1) is 9.27. The van der Waals surface area contributed by atoms with Gasteiger partial charge in [0.1, 0.15) is 0 Å². The highest BCUT2D eigenvalue weighted by molar-refractivity contribution is 6.45. The molecule has 0 saturated carbocycles. The molecule has 4 nitrogen and oxygen atoms in total. The molecule has 0 bridgehead atoms. The molecule has 4 heteroatoms. The van der Waals surface area contributed by atoms with E-state index < -0.39 is 5.54 Å². The SMILES string of the molecule is CC1=NN(C)C(=O)C12N=C2c1ccccc1. The van der Waals surface area contributed by atoms with E-state index in [4.69, 9.17) is 0 Å². The Bertz CT molecular complexity index is 532. The number of nitrogens with zero attached hydrogens (tertiary/aromatic N) is 3. The lowest BCUT2D eigenvalue weighted by Gasteiger charge is -2.07. The summed E-state index contributed by atoms with van der Waals surface area (Å²) >= 11 is 0. The van der Waals surface area contributed by atoms with Gasteiger partial charge in [0, 0.05) is 7.05 Å². The maximum absolute atomic E-state index is 12.0. The van der Waals surface area contributed by atoms with Crippen LogP contribution in [0.4, 0.5) is 0 Å². The first-order valence-electron chi connectivity index (χ1n) is 5.16. The van der Waals surface area contributed by atoms with Crippen LogP contribution in [0.25, 0.3) is 0 Å². The van der Waals surface area contributed by atoms with Crippen molar-refractivity contribution in [2.45, 2.75) is 12.5 Å². The van der Waals surface area contributed by atoms with Gasteiger partial charge in [0.2, 0.25) is 5.54 Å². The van der Waals surface area contributed by atoms with Crippen molar-refractivity contribution in [2.75, 3.05) is 7.05 Å². The molecule has 1 amide bonds. The van der Waals surface area contributed by atoms with Crippen LogP contribution in [0, 0.1) is 0 Å². The Morgan fingerprint density at radius 3 is 2.50 bits per heavy atom. The molecular weight excluding hydrogens is 202 g/mol. The number of carbonyl (C=O) groups excluding carboxylic acids is 1. The number of hydrogen-bond donors (Lipinski definition) is 0. The Kier molecular flexibility index (Phi) is 1.61. The van der Waals surface area contributed by atoms with E-state index in [2.05, 4.69) is 10.1 Å². The second-order valence-electron chi connectivity index (χ2n) is 4.05. The molecule has 2 heterocycles. The van der Waals surface area contributed by atoms with E-state index in [0.717, 1.165) is 17.0 Å². The molecule has 1 aromatic rings. The van der Waals surface area contributed by atoms with Crippen molar-refractivity contribution in [3.63, 3.8) is 0 Å². The fraction of sp³-hybridized carbons (Fsp3) is 0.250. The average molecular weight is 213 g/mol. The van der Waals surface area contributed by atoms with Crippen molar-refractivity contribution < 1.29 is 4.79 Å². The maximum atomic E-state index is 12.0. The molecular formula is C12H11N3O. The normalized spacial score (nSPS) is 27.1. The zero-order chi connectivity index (χ0) is 11.3. The van der Waals surface area contributed by atoms with E-state index in [-0.39, 0.29) is 5.91 Å². The molecule has 80 valence electrons.